The maximum atomic E-state index is 13.8. The Morgan fingerprint density at radius 3 is 2.47 bits per heavy atom. The molecular weight excluding hydrogens is 187 g/mol. The fraction of sp³-hybridized carbons (Fsp3) is 0.429. The molecule has 0 N–H and O–H groups in total. The van der Waals surface area contributed by atoms with Crippen LogP contribution in [0.3, 0.4) is 0 Å². The van der Waals surface area contributed by atoms with Crippen LogP contribution in [0.25, 0.3) is 0 Å². The SMILES string of the molecule is C/C=C/C1(c2ccccc2F)CCCC1. The van der Waals surface area contributed by atoms with Crippen LogP contribution in [0.4, 0.5) is 4.39 Å². The molecule has 1 aromatic carbocycles. The summed E-state index contributed by atoms with van der Waals surface area (Å²) < 4.78 is 13.8. The summed E-state index contributed by atoms with van der Waals surface area (Å²) in [5, 5.41) is 0. The molecular formula is C14H17F. The normalized spacial score (nSPS) is 19.9. The number of hydrogen-bond donors (Lipinski definition) is 0. The highest BCUT2D eigenvalue weighted by Gasteiger charge is 2.34. The Hall–Kier alpha value is -1.11. The first-order chi connectivity index (χ1) is 7.28. The summed E-state index contributed by atoms with van der Waals surface area (Å²) in [5.74, 6) is -0.0579. The van der Waals surface area contributed by atoms with Gasteiger partial charge < -0.3 is 0 Å². The second kappa shape index (κ2) is 4.18. The van der Waals surface area contributed by atoms with Gasteiger partial charge in [-0.05, 0) is 31.4 Å². The van der Waals surface area contributed by atoms with E-state index in [0.717, 1.165) is 18.4 Å². The highest BCUT2D eigenvalue weighted by molar-refractivity contribution is 5.33. The zero-order valence-electron chi connectivity index (χ0n) is 9.17. The van der Waals surface area contributed by atoms with Gasteiger partial charge in [-0.2, -0.15) is 0 Å². The molecule has 1 aromatic rings. The summed E-state index contributed by atoms with van der Waals surface area (Å²) >= 11 is 0. The molecule has 0 aliphatic heterocycles. The van der Waals surface area contributed by atoms with Crippen molar-refractivity contribution in [2.75, 3.05) is 0 Å². The average molecular weight is 204 g/mol. The molecule has 15 heavy (non-hydrogen) atoms. The standard InChI is InChI=1S/C14H17F/c1-2-9-14(10-5-6-11-14)12-7-3-4-8-13(12)15/h2-4,7-9H,5-6,10-11H2,1H3/b9-2+. The van der Waals surface area contributed by atoms with E-state index in [1.165, 1.54) is 12.8 Å². The summed E-state index contributed by atoms with van der Waals surface area (Å²) in [4.78, 5) is 0. The molecule has 0 nitrogen and oxygen atoms in total. The monoisotopic (exact) mass is 204 g/mol. The van der Waals surface area contributed by atoms with E-state index in [4.69, 9.17) is 0 Å². The van der Waals surface area contributed by atoms with Crippen LogP contribution in [0.15, 0.2) is 36.4 Å². The Labute approximate surface area is 90.8 Å². The van der Waals surface area contributed by atoms with Crippen molar-refractivity contribution in [3.8, 4) is 0 Å². The van der Waals surface area contributed by atoms with E-state index >= 15 is 0 Å². The third-order valence-electron chi connectivity index (χ3n) is 3.39. The first kappa shape index (κ1) is 10.4. The lowest BCUT2D eigenvalue weighted by atomic mass is 9.78. The van der Waals surface area contributed by atoms with E-state index in [-0.39, 0.29) is 11.2 Å². The summed E-state index contributed by atoms with van der Waals surface area (Å²) in [7, 11) is 0. The van der Waals surface area contributed by atoms with Gasteiger partial charge in [-0.25, -0.2) is 4.39 Å². The quantitative estimate of drug-likeness (QED) is 0.633. The molecule has 0 saturated heterocycles. The predicted octanol–water partition coefficient (Wildman–Crippen LogP) is 4.21. The second-order valence-electron chi connectivity index (χ2n) is 4.34. The van der Waals surface area contributed by atoms with Crippen molar-refractivity contribution in [2.24, 2.45) is 0 Å². The van der Waals surface area contributed by atoms with E-state index in [9.17, 15) is 4.39 Å². The van der Waals surface area contributed by atoms with Crippen LogP contribution in [-0.4, -0.2) is 0 Å². The van der Waals surface area contributed by atoms with Gasteiger partial charge >= 0.3 is 0 Å². The lowest BCUT2D eigenvalue weighted by Gasteiger charge is -2.26. The van der Waals surface area contributed by atoms with Gasteiger partial charge in [-0.15, -0.1) is 0 Å². The Balaban J connectivity index is 2.45. The molecule has 0 aromatic heterocycles. The Kier molecular flexibility index (Phi) is 2.90. The molecule has 1 fully saturated rings. The van der Waals surface area contributed by atoms with Gasteiger partial charge in [0.1, 0.15) is 5.82 Å². The van der Waals surface area contributed by atoms with Crippen LogP contribution in [0.1, 0.15) is 38.2 Å². The average Bonchev–Trinajstić information content (AvgIpc) is 2.69. The van der Waals surface area contributed by atoms with Crippen molar-refractivity contribution < 1.29 is 4.39 Å². The van der Waals surface area contributed by atoms with Crippen molar-refractivity contribution >= 4 is 0 Å². The van der Waals surface area contributed by atoms with Crippen LogP contribution >= 0.6 is 0 Å². The van der Waals surface area contributed by atoms with Gasteiger partial charge in [-0.3, -0.25) is 0 Å². The maximum absolute atomic E-state index is 13.8. The zero-order chi connectivity index (χ0) is 10.7. The molecule has 0 spiro atoms. The Morgan fingerprint density at radius 1 is 1.20 bits per heavy atom. The van der Waals surface area contributed by atoms with E-state index in [2.05, 4.69) is 12.2 Å². The van der Waals surface area contributed by atoms with Gasteiger partial charge in [0.25, 0.3) is 0 Å². The summed E-state index contributed by atoms with van der Waals surface area (Å²) in [5.41, 5.74) is 0.848. The van der Waals surface area contributed by atoms with Gasteiger partial charge in [0.15, 0.2) is 0 Å². The molecule has 0 unspecified atom stereocenters. The van der Waals surface area contributed by atoms with Crippen molar-refractivity contribution in [2.45, 2.75) is 38.0 Å². The van der Waals surface area contributed by atoms with Crippen molar-refractivity contribution in [1.29, 1.82) is 0 Å². The minimum Gasteiger partial charge on any atom is -0.207 e. The maximum Gasteiger partial charge on any atom is 0.127 e. The molecule has 0 heterocycles. The largest absolute Gasteiger partial charge is 0.207 e. The first-order valence-corrected chi connectivity index (χ1v) is 5.67. The molecule has 80 valence electrons. The van der Waals surface area contributed by atoms with E-state index in [1.54, 1.807) is 12.1 Å². The number of rotatable bonds is 2. The fourth-order valence-electron chi connectivity index (χ4n) is 2.72. The molecule has 1 aliphatic carbocycles. The lowest BCUT2D eigenvalue weighted by Crippen LogP contribution is -2.20. The molecule has 2 rings (SSSR count). The molecule has 1 aliphatic rings. The highest BCUT2D eigenvalue weighted by Crippen LogP contribution is 2.43. The predicted molar refractivity (Wildman–Crippen MR) is 61.4 cm³/mol. The second-order valence-corrected chi connectivity index (χ2v) is 4.34. The molecule has 1 saturated carbocycles. The number of benzene rings is 1. The topological polar surface area (TPSA) is 0 Å². The van der Waals surface area contributed by atoms with Crippen molar-refractivity contribution in [3.05, 3.63) is 47.8 Å². The third kappa shape index (κ3) is 1.83. The Bertz CT molecular complexity index is 359. The summed E-state index contributed by atoms with van der Waals surface area (Å²) in [6.07, 6.45) is 8.81. The van der Waals surface area contributed by atoms with Gasteiger partial charge in [0.05, 0.1) is 0 Å². The molecule has 0 radical (unpaired) electrons. The molecule has 1 heteroatoms. The zero-order valence-corrected chi connectivity index (χ0v) is 9.17. The van der Waals surface area contributed by atoms with Crippen molar-refractivity contribution in [3.63, 3.8) is 0 Å². The lowest BCUT2D eigenvalue weighted by molar-refractivity contribution is 0.505. The van der Waals surface area contributed by atoms with E-state index in [0.29, 0.717) is 0 Å². The van der Waals surface area contributed by atoms with E-state index < -0.39 is 0 Å². The summed E-state index contributed by atoms with van der Waals surface area (Å²) in [6, 6.07) is 7.19. The molecule has 0 amide bonds. The summed E-state index contributed by atoms with van der Waals surface area (Å²) in [6.45, 7) is 2.01. The minimum atomic E-state index is -0.0579. The highest BCUT2D eigenvalue weighted by atomic mass is 19.1. The van der Waals surface area contributed by atoms with Crippen LogP contribution in [-0.2, 0) is 5.41 Å². The molecule has 0 atom stereocenters. The van der Waals surface area contributed by atoms with Crippen molar-refractivity contribution in [1.82, 2.24) is 0 Å². The first-order valence-electron chi connectivity index (χ1n) is 5.67. The van der Waals surface area contributed by atoms with Crippen LogP contribution in [0, 0.1) is 5.82 Å². The smallest absolute Gasteiger partial charge is 0.127 e. The number of halogens is 1. The van der Waals surface area contributed by atoms with E-state index in [1.807, 2.05) is 19.1 Å². The van der Waals surface area contributed by atoms with Gasteiger partial charge in [0.2, 0.25) is 0 Å². The third-order valence-corrected chi connectivity index (χ3v) is 3.39. The molecule has 0 bridgehead atoms. The van der Waals surface area contributed by atoms with Crippen LogP contribution < -0.4 is 0 Å². The van der Waals surface area contributed by atoms with Gasteiger partial charge in [-0.1, -0.05) is 43.2 Å². The Morgan fingerprint density at radius 2 is 1.87 bits per heavy atom. The van der Waals surface area contributed by atoms with Gasteiger partial charge in [0, 0.05) is 5.41 Å². The van der Waals surface area contributed by atoms with Crippen LogP contribution in [0.2, 0.25) is 0 Å². The van der Waals surface area contributed by atoms with Crippen LogP contribution in [0.5, 0.6) is 0 Å². The number of hydrogen-bond acceptors (Lipinski definition) is 0. The fourth-order valence-corrected chi connectivity index (χ4v) is 2.72. The minimum absolute atomic E-state index is 0.0277. The number of allylic oxidation sites excluding steroid dienone is 2.